The molecule has 166 valence electrons. The van der Waals surface area contributed by atoms with Gasteiger partial charge < -0.3 is 19.4 Å². The molecule has 2 aromatic carbocycles. The van der Waals surface area contributed by atoms with E-state index < -0.39 is 11.0 Å². The molecule has 3 N–H and O–H groups in total. The van der Waals surface area contributed by atoms with Crippen molar-refractivity contribution in [3.05, 3.63) is 53.7 Å². The number of anilines is 1. The summed E-state index contributed by atoms with van der Waals surface area (Å²) in [4.78, 5) is 23.9. The average molecular weight is 451 g/mol. The van der Waals surface area contributed by atoms with Gasteiger partial charge in [-0.25, -0.2) is 9.19 Å². The molecule has 32 heavy (non-hydrogen) atoms. The van der Waals surface area contributed by atoms with Crippen LogP contribution in [0.25, 0.3) is 33.7 Å². The van der Waals surface area contributed by atoms with Gasteiger partial charge >= 0.3 is 0 Å². The molecule has 0 amide bonds. The van der Waals surface area contributed by atoms with Crippen molar-refractivity contribution >= 4 is 33.5 Å². The molecule has 1 unspecified atom stereocenters. The first-order chi connectivity index (χ1) is 15.3. The molecule has 2 aromatic heterocycles. The maximum atomic E-state index is 12.5. The zero-order chi connectivity index (χ0) is 23.0. The number of ether oxygens (including phenoxy) is 1. The molecule has 0 aliphatic heterocycles. The van der Waals surface area contributed by atoms with E-state index in [9.17, 15) is 9.00 Å². The van der Waals surface area contributed by atoms with Crippen LogP contribution in [0, 0.1) is 6.92 Å². The monoisotopic (exact) mass is 450 g/mol. The van der Waals surface area contributed by atoms with Crippen molar-refractivity contribution < 1.29 is 13.7 Å². The van der Waals surface area contributed by atoms with Crippen LogP contribution in [0.2, 0.25) is 0 Å². The number of nitrogens with one attached hydrogen (secondary N) is 3. The van der Waals surface area contributed by atoms with Gasteiger partial charge in [-0.05, 0) is 63.6 Å². The number of carbonyl (C=O) groups is 1. The molecule has 2 heterocycles. The number of hydrogen-bond acceptors (Lipinski definition) is 4. The molecule has 0 radical (unpaired) electrons. The van der Waals surface area contributed by atoms with Gasteiger partial charge in [-0.1, -0.05) is 12.1 Å². The smallest absolute Gasteiger partial charge is 0.162 e. The van der Waals surface area contributed by atoms with Crippen LogP contribution in [-0.2, 0) is 11.0 Å². The summed E-state index contributed by atoms with van der Waals surface area (Å²) in [5.74, 6) is 1.35. The third kappa shape index (κ3) is 4.05. The van der Waals surface area contributed by atoms with Gasteiger partial charge in [0.15, 0.2) is 11.6 Å². The number of ketones is 1. The summed E-state index contributed by atoms with van der Waals surface area (Å²) in [6, 6.07) is 13.2. The maximum Gasteiger partial charge on any atom is 0.162 e. The first-order valence-electron chi connectivity index (χ1n) is 10.3. The number of H-pyrrole nitrogens is 2. The van der Waals surface area contributed by atoms with Crippen LogP contribution in [0.15, 0.2) is 42.5 Å². The molecular formula is C24H26N4O3S. The summed E-state index contributed by atoms with van der Waals surface area (Å²) in [5, 5.41) is 0.00183. The van der Waals surface area contributed by atoms with E-state index in [2.05, 4.69) is 14.7 Å². The Labute approximate surface area is 189 Å². The molecule has 4 rings (SSSR count). The quantitative estimate of drug-likeness (QED) is 0.336. The Balaban J connectivity index is 1.83. The Morgan fingerprint density at radius 1 is 1.12 bits per heavy atom. The van der Waals surface area contributed by atoms with E-state index in [4.69, 9.17) is 9.72 Å². The zero-order valence-electron chi connectivity index (χ0n) is 18.7. The Morgan fingerprint density at radius 2 is 1.84 bits per heavy atom. The van der Waals surface area contributed by atoms with E-state index in [-0.39, 0.29) is 11.0 Å². The first-order valence-corrected chi connectivity index (χ1v) is 11.5. The van der Waals surface area contributed by atoms with Crippen molar-refractivity contribution in [2.45, 2.75) is 32.9 Å². The van der Waals surface area contributed by atoms with Gasteiger partial charge in [0.1, 0.15) is 16.7 Å². The van der Waals surface area contributed by atoms with Gasteiger partial charge in [-0.3, -0.25) is 4.79 Å². The molecule has 4 aromatic rings. The largest absolute Gasteiger partial charge is 0.497 e. The number of benzene rings is 2. The standard InChI is InChI=1S/C24H26N4O3S/c1-13(2)32(30)28-17-8-11-19-20(12-17)27-24(26-19)23-22(21(15(4)29)14(3)25-23)16-6-9-18(31-5)10-7-16/h6-13,25,28H,1-5H3,(H,26,27). The first kappa shape index (κ1) is 21.8. The Morgan fingerprint density at radius 3 is 2.47 bits per heavy atom. The normalized spacial score (nSPS) is 12.3. The highest BCUT2D eigenvalue weighted by atomic mass is 32.2. The maximum absolute atomic E-state index is 12.5. The van der Waals surface area contributed by atoms with Gasteiger partial charge in [-0.2, -0.15) is 0 Å². The minimum Gasteiger partial charge on any atom is -0.497 e. The van der Waals surface area contributed by atoms with Crippen LogP contribution in [0.5, 0.6) is 5.75 Å². The molecule has 7 nitrogen and oxygen atoms in total. The van der Waals surface area contributed by atoms with Crippen molar-refractivity contribution in [3.63, 3.8) is 0 Å². The van der Waals surface area contributed by atoms with Crippen molar-refractivity contribution in [2.24, 2.45) is 0 Å². The molecule has 0 bridgehead atoms. The zero-order valence-corrected chi connectivity index (χ0v) is 19.5. The van der Waals surface area contributed by atoms with E-state index in [0.717, 1.165) is 45.0 Å². The fraction of sp³-hybridized carbons (Fsp3) is 0.250. The van der Waals surface area contributed by atoms with Gasteiger partial charge in [-0.15, -0.1) is 0 Å². The van der Waals surface area contributed by atoms with Gasteiger partial charge in [0.05, 0.1) is 23.8 Å². The van der Waals surface area contributed by atoms with E-state index in [1.165, 1.54) is 0 Å². The summed E-state index contributed by atoms with van der Waals surface area (Å²) >= 11 is 0. The molecule has 8 heteroatoms. The number of hydrogen-bond donors (Lipinski definition) is 3. The van der Waals surface area contributed by atoms with E-state index in [1.54, 1.807) is 14.0 Å². The third-order valence-corrected chi connectivity index (χ3v) is 6.58. The predicted octanol–water partition coefficient (Wildman–Crippen LogP) is 5.23. The number of methoxy groups -OCH3 is 1. The lowest BCUT2D eigenvalue weighted by atomic mass is 9.97. The molecule has 0 spiro atoms. The highest BCUT2D eigenvalue weighted by molar-refractivity contribution is 7.86. The molecule has 0 saturated heterocycles. The van der Waals surface area contributed by atoms with Crippen molar-refractivity contribution in [1.82, 2.24) is 15.0 Å². The number of nitrogens with zero attached hydrogens (tertiary/aromatic N) is 1. The summed E-state index contributed by atoms with van der Waals surface area (Å²) in [6.07, 6.45) is 0. The molecule has 1 atom stereocenters. The minimum atomic E-state index is -1.17. The fourth-order valence-corrected chi connectivity index (χ4v) is 4.31. The lowest BCUT2D eigenvalue weighted by molar-refractivity contribution is 0.101. The van der Waals surface area contributed by atoms with Crippen LogP contribution in [0.4, 0.5) is 5.69 Å². The van der Waals surface area contributed by atoms with Crippen LogP contribution in [-0.4, -0.2) is 37.3 Å². The average Bonchev–Trinajstić information content (AvgIpc) is 3.34. The van der Waals surface area contributed by atoms with Gasteiger partial charge in [0, 0.05) is 27.8 Å². The second kappa shape index (κ2) is 8.63. The number of Topliss-reactive ketones (excluding diaryl/α,β-unsaturated/α-hetero) is 1. The van der Waals surface area contributed by atoms with E-state index in [1.807, 2.05) is 63.2 Å². The predicted molar refractivity (Wildman–Crippen MR) is 130 cm³/mol. The number of rotatable bonds is 7. The summed E-state index contributed by atoms with van der Waals surface area (Å²) in [5.41, 5.74) is 6.20. The lowest BCUT2D eigenvalue weighted by Crippen LogP contribution is -2.14. The number of fused-ring (bicyclic) bond motifs is 1. The molecule has 0 fully saturated rings. The highest BCUT2D eigenvalue weighted by Crippen LogP contribution is 2.37. The van der Waals surface area contributed by atoms with Crippen molar-refractivity contribution in [3.8, 4) is 28.4 Å². The Hall–Kier alpha value is -3.39. The van der Waals surface area contributed by atoms with Crippen LogP contribution >= 0.6 is 0 Å². The van der Waals surface area contributed by atoms with Gasteiger partial charge in [0.2, 0.25) is 0 Å². The second-order valence-electron chi connectivity index (χ2n) is 7.93. The van der Waals surface area contributed by atoms with E-state index >= 15 is 0 Å². The topological polar surface area (TPSA) is 99.9 Å². The molecule has 0 aliphatic rings. The summed E-state index contributed by atoms with van der Waals surface area (Å²) in [7, 11) is 0.452. The Kier molecular flexibility index (Phi) is 5.88. The van der Waals surface area contributed by atoms with Crippen molar-refractivity contribution in [2.75, 3.05) is 11.8 Å². The fourth-order valence-electron chi connectivity index (χ4n) is 3.71. The number of carbonyl (C=O) groups excluding carboxylic acids is 1. The van der Waals surface area contributed by atoms with Crippen LogP contribution in [0.1, 0.15) is 36.8 Å². The highest BCUT2D eigenvalue weighted by Gasteiger charge is 2.23. The number of imidazole rings is 1. The lowest BCUT2D eigenvalue weighted by Gasteiger charge is -2.08. The molecule has 0 saturated carbocycles. The number of aryl methyl sites for hydroxylation is 1. The third-order valence-electron chi connectivity index (χ3n) is 5.28. The second-order valence-corrected chi connectivity index (χ2v) is 9.67. The Bertz CT molecular complexity index is 1320. The summed E-state index contributed by atoms with van der Waals surface area (Å²) < 4.78 is 20.4. The minimum absolute atomic E-state index is 0.00183. The number of aromatic amines is 2. The molecule has 0 aliphatic carbocycles. The summed E-state index contributed by atoms with van der Waals surface area (Å²) in [6.45, 7) is 7.26. The van der Waals surface area contributed by atoms with Gasteiger partial charge in [0.25, 0.3) is 0 Å². The van der Waals surface area contributed by atoms with E-state index in [0.29, 0.717) is 11.4 Å². The van der Waals surface area contributed by atoms with Crippen LogP contribution < -0.4 is 9.46 Å². The molecular weight excluding hydrogens is 424 g/mol. The van der Waals surface area contributed by atoms with Crippen LogP contribution in [0.3, 0.4) is 0 Å². The van der Waals surface area contributed by atoms with Crippen molar-refractivity contribution in [1.29, 1.82) is 0 Å². The SMILES string of the molecule is COc1ccc(-c2c(-c3nc4ccc(NS(=O)C(C)C)cc4[nH]3)[nH]c(C)c2C(C)=O)cc1. The number of aromatic nitrogens is 3.